The molecule has 0 aromatic carbocycles. The summed E-state index contributed by atoms with van der Waals surface area (Å²) in [6.45, 7) is 3.88. The van der Waals surface area contributed by atoms with Gasteiger partial charge in [0, 0.05) is 10.3 Å². The highest BCUT2D eigenvalue weighted by atomic mass is 19.1. The molecule has 0 spiro atoms. The first-order valence-corrected chi connectivity index (χ1v) is 3.50. The monoisotopic (exact) mass is 156 g/mol. The Morgan fingerprint density at radius 3 is 2.55 bits per heavy atom. The van der Waals surface area contributed by atoms with E-state index in [9.17, 15) is 4.39 Å². The summed E-state index contributed by atoms with van der Waals surface area (Å²) in [7, 11) is 0. The molecule has 60 valence electrons. The van der Waals surface area contributed by atoms with Crippen molar-refractivity contribution in [1.82, 2.24) is 0 Å². The van der Waals surface area contributed by atoms with Crippen LogP contribution in [0.2, 0.25) is 0 Å². The van der Waals surface area contributed by atoms with Gasteiger partial charge in [-0.2, -0.15) is 0 Å². The van der Waals surface area contributed by atoms with Gasteiger partial charge in [0.05, 0.1) is 0 Å². The zero-order valence-corrected chi connectivity index (χ0v) is 6.58. The van der Waals surface area contributed by atoms with Crippen LogP contribution >= 0.6 is 0 Å². The molecule has 0 fully saturated rings. The average Bonchev–Trinajstić information content (AvgIpc) is 1.85. The molecule has 0 unspecified atom stereocenters. The molecule has 1 aromatic heterocycles. The highest BCUT2D eigenvalue weighted by Crippen LogP contribution is 2.11. The van der Waals surface area contributed by atoms with Crippen molar-refractivity contribution in [3.63, 3.8) is 0 Å². The van der Waals surface area contributed by atoms with Gasteiger partial charge in [-0.05, 0) is 12.0 Å². The summed E-state index contributed by atoms with van der Waals surface area (Å²) < 4.78 is 13.3. The molecule has 0 saturated heterocycles. The van der Waals surface area contributed by atoms with E-state index in [0.29, 0.717) is 0 Å². The number of halogens is 1. The van der Waals surface area contributed by atoms with Gasteiger partial charge in [0.2, 0.25) is 6.20 Å². The van der Waals surface area contributed by atoms with Crippen LogP contribution in [-0.4, -0.2) is 5.21 Å². The topological polar surface area (TPSA) is 24.1 Å². The minimum atomic E-state index is -0.418. The third kappa shape index (κ3) is 1.90. The molecule has 0 aliphatic carbocycles. The molecule has 1 aromatic rings. The Labute approximate surface area is 64.9 Å². The molecule has 0 aliphatic heterocycles. The second kappa shape index (κ2) is 2.86. The fraction of sp³-hybridized carbons (Fsp3) is 0.375. The molecule has 0 aliphatic rings. The number of nitrogens with zero attached hydrogens (tertiary/aromatic N) is 1. The van der Waals surface area contributed by atoms with Gasteiger partial charge in [-0.25, -0.2) is 4.39 Å². The van der Waals surface area contributed by atoms with Crippen LogP contribution in [0.4, 0.5) is 4.39 Å². The second-order valence-corrected chi connectivity index (χ2v) is 2.82. The van der Waals surface area contributed by atoms with Crippen molar-refractivity contribution in [2.75, 3.05) is 0 Å². The van der Waals surface area contributed by atoms with Crippen molar-refractivity contribution < 1.29 is 14.3 Å². The maximum Gasteiger partial charge on any atom is 0.257 e. The lowest BCUT2D eigenvalue weighted by Crippen LogP contribution is -2.30. The lowest BCUT2D eigenvalue weighted by Gasteiger charge is -1.99. The normalized spacial score (nSPS) is 10.5. The molecule has 1 rings (SSSR count). The largest absolute Gasteiger partial charge is 0.285 e. The highest BCUT2D eigenvalue weighted by molar-refractivity contribution is 5.10. The highest BCUT2D eigenvalue weighted by Gasteiger charge is 2.08. The summed E-state index contributed by atoms with van der Waals surface area (Å²) in [5.74, 6) is -0.192. The van der Waals surface area contributed by atoms with Gasteiger partial charge in [-0.1, -0.05) is 13.8 Å². The van der Waals surface area contributed by atoms with Gasteiger partial charge in [0.15, 0.2) is 5.82 Å². The molecule has 1 N–H and O–H groups in total. The minimum Gasteiger partial charge on any atom is -0.285 e. The van der Waals surface area contributed by atoms with E-state index in [-0.39, 0.29) is 5.92 Å². The van der Waals surface area contributed by atoms with Crippen LogP contribution in [0.1, 0.15) is 25.3 Å². The average molecular weight is 156 g/mol. The predicted molar refractivity (Wildman–Crippen MR) is 37.9 cm³/mol. The molecule has 0 saturated carbocycles. The summed E-state index contributed by atoms with van der Waals surface area (Å²) in [6.07, 6.45) is 2.51. The standard InChI is InChI=1S/C8H11FNO/c1-6(2)7-3-8(9)5-10(11)4-7/h3-6,11H,1-2H3/q+1. The van der Waals surface area contributed by atoms with E-state index < -0.39 is 5.82 Å². The Hall–Kier alpha value is -1.12. The minimum absolute atomic E-state index is 0.226. The number of aromatic nitrogens is 1. The molecular weight excluding hydrogens is 145 g/mol. The summed E-state index contributed by atoms with van der Waals surface area (Å²) in [5.41, 5.74) is 0.785. The van der Waals surface area contributed by atoms with Crippen LogP contribution in [0, 0.1) is 5.82 Å². The first-order valence-electron chi connectivity index (χ1n) is 3.50. The van der Waals surface area contributed by atoms with Gasteiger partial charge in [-0.3, -0.25) is 5.21 Å². The molecule has 1 heterocycles. The predicted octanol–water partition coefficient (Wildman–Crippen LogP) is 1.47. The van der Waals surface area contributed by atoms with Crippen molar-refractivity contribution in [3.05, 3.63) is 29.8 Å². The molecule has 3 heteroatoms. The van der Waals surface area contributed by atoms with Gasteiger partial charge in [0.1, 0.15) is 0 Å². The summed E-state index contributed by atoms with van der Waals surface area (Å²) in [4.78, 5) is 0. The maximum atomic E-state index is 12.6. The Morgan fingerprint density at radius 1 is 1.45 bits per heavy atom. The third-order valence-corrected chi connectivity index (χ3v) is 1.51. The van der Waals surface area contributed by atoms with Crippen LogP contribution in [-0.2, 0) is 0 Å². The Balaban J connectivity index is 3.08. The number of rotatable bonds is 1. The summed E-state index contributed by atoms with van der Waals surface area (Å²) >= 11 is 0. The molecule has 0 bridgehead atoms. The Morgan fingerprint density at radius 2 is 2.09 bits per heavy atom. The number of pyridine rings is 1. The Kier molecular flexibility index (Phi) is 2.08. The van der Waals surface area contributed by atoms with Crippen LogP contribution in [0.25, 0.3) is 0 Å². The molecule has 0 amide bonds. The number of hydrogen-bond acceptors (Lipinski definition) is 1. The molecule has 2 nitrogen and oxygen atoms in total. The van der Waals surface area contributed by atoms with E-state index in [2.05, 4.69) is 0 Å². The van der Waals surface area contributed by atoms with Crippen LogP contribution < -0.4 is 4.73 Å². The van der Waals surface area contributed by atoms with Crippen molar-refractivity contribution in [1.29, 1.82) is 0 Å². The zero-order valence-electron chi connectivity index (χ0n) is 6.58. The van der Waals surface area contributed by atoms with Crippen molar-refractivity contribution >= 4 is 0 Å². The van der Waals surface area contributed by atoms with E-state index in [1.54, 1.807) is 0 Å². The SMILES string of the molecule is CC(C)c1cc(F)c[n+](O)c1. The summed E-state index contributed by atoms with van der Waals surface area (Å²) in [6, 6.07) is 1.41. The van der Waals surface area contributed by atoms with Crippen LogP contribution in [0.3, 0.4) is 0 Å². The molecular formula is C8H11FNO+. The maximum absolute atomic E-state index is 12.6. The third-order valence-electron chi connectivity index (χ3n) is 1.51. The van der Waals surface area contributed by atoms with E-state index in [1.165, 1.54) is 12.3 Å². The lowest BCUT2D eigenvalue weighted by atomic mass is 10.1. The molecule has 11 heavy (non-hydrogen) atoms. The summed E-state index contributed by atoms with van der Waals surface area (Å²) in [5, 5.41) is 8.92. The molecule has 0 radical (unpaired) electrons. The fourth-order valence-electron chi connectivity index (χ4n) is 0.866. The number of hydrogen-bond donors (Lipinski definition) is 1. The quantitative estimate of drug-likeness (QED) is 0.483. The van der Waals surface area contributed by atoms with E-state index in [4.69, 9.17) is 5.21 Å². The van der Waals surface area contributed by atoms with Gasteiger partial charge in [-0.15, -0.1) is 0 Å². The van der Waals surface area contributed by atoms with Crippen molar-refractivity contribution in [3.8, 4) is 0 Å². The smallest absolute Gasteiger partial charge is 0.257 e. The first kappa shape index (κ1) is 7.98. The van der Waals surface area contributed by atoms with Gasteiger partial charge >= 0.3 is 0 Å². The van der Waals surface area contributed by atoms with Gasteiger partial charge < -0.3 is 0 Å². The van der Waals surface area contributed by atoms with Crippen molar-refractivity contribution in [2.45, 2.75) is 19.8 Å². The molecule has 0 atom stereocenters. The van der Waals surface area contributed by atoms with Gasteiger partial charge in [0.25, 0.3) is 6.20 Å². The second-order valence-electron chi connectivity index (χ2n) is 2.82. The van der Waals surface area contributed by atoms with Crippen molar-refractivity contribution in [2.24, 2.45) is 0 Å². The Bertz CT molecular complexity index is 240. The fourth-order valence-corrected chi connectivity index (χ4v) is 0.866. The van der Waals surface area contributed by atoms with E-state index in [1.807, 2.05) is 13.8 Å². The lowest BCUT2D eigenvalue weighted by molar-refractivity contribution is -0.905. The van der Waals surface area contributed by atoms with E-state index in [0.717, 1.165) is 16.5 Å². The zero-order chi connectivity index (χ0) is 8.43. The van der Waals surface area contributed by atoms with Crippen LogP contribution in [0.15, 0.2) is 18.5 Å². The van der Waals surface area contributed by atoms with Crippen LogP contribution in [0.5, 0.6) is 0 Å². The first-order chi connectivity index (χ1) is 5.09. The van der Waals surface area contributed by atoms with E-state index >= 15 is 0 Å².